The van der Waals surface area contributed by atoms with E-state index in [0.29, 0.717) is 24.1 Å². The van der Waals surface area contributed by atoms with Crippen molar-refractivity contribution < 1.29 is 4.79 Å². The summed E-state index contributed by atoms with van der Waals surface area (Å²) in [5.74, 6) is 0.00976. The Kier molecular flexibility index (Phi) is 5.78. The second kappa shape index (κ2) is 8.25. The minimum absolute atomic E-state index is 0.00976. The zero-order valence-electron chi connectivity index (χ0n) is 16.7. The number of benzene rings is 1. The average molecular weight is 378 g/mol. The van der Waals surface area contributed by atoms with Crippen molar-refractivity contribution in [2.24, 2.45) is 7.05 Å². The van der Waals surface area contributed by atoms with Crippen molar-refractivity contribution in [1.82, 2.24) is 19.7 Å². The monoisotopic (exact) mass is 378 g/mol. The fourth-order valence-electron chi connectivity index (χ4n) is 3.55. The van der Waals surface area contributed by atoms with Gasteiger partial charge < -0.3 is 4.90 Å². The molecule has 146 valence electrons. The summed E-state index contributed by atoms with van der Waals surface area (Å²) in [5.41, 5.74) is 4.04. The van der Waals surface area contributed by atoms with Gasteiger partial charge in [0.05, 0.1) is 11.8 Å². The van der Waals surface area contributed by atoms with Gasteiger partial charge >= 0.3 is 0 Å². The van der Waals surface area contributed by atoms with Crippen LogP contribution in [0.2, 0.25) is 0 Å². The maximum Gasteiger partial charge on any atom is 0.273 e. The van der Waals surface area contributed by atoms with Crippen LogP contribution in [0.15, 0.2) is 47.8 Å². The fourth-order valence-corrected chi connectivity index (χ4v) is 3.55. The van der Waals surface area contributed by atoms with Gasteiger partial charge in [-0.25, -0.2) is 4.98 Å². The molecule has 0 spiro atoms. The second-order valence-corrected chi connectivity index (χ2v) is 7.04. The number of H-pyrrole nitrogens is 1. The maximum atomic E-state index is 13.0. The van der Waals surface area contributed by atoms with Crippen LogP contribution in [0.4, 0.5) is 0 Å². The number of aromatic amines is 1. The fraction of sp³-hybridized carbons (Fsp3) is 0.318. The van der Waals surface area contributed by atoms with Gasteiger partial charge in [0.15, 0.2) is 5.65 Å². The van der Waals surface area contributed by atoms with Crippen molar-refractivity contribution in [2.45, 2.75) is 26.7 Å². The molecule has 6 nitrogen and oxygen atoms in total. The number of nitrogens with one attached hydrogen (secondary N) is 1. The largest absolute Gasteiger partial charge is 0.338 e. The summed E-state index contributed by atoms with van der Waals surface area (Å²) in [6, 6.07) is 10.1. The number of carbonyl (C=O) groups excluding carboxylic acids is 1. The third-order valence-electron chi connectivity index (χ3n) is 5.12. The minimum atomic E-state index is -0.178. The lowest BCUT2D eigenvalue weighted by Gasteiger charge is -2.22. The van der Waals surface area contributed by atoms with E-state index in [2.05, 4.69) is 28.8 Å². The third kappa shape index (κ3) is 3.91. The molecule has 0 atom stereocenters. The van der Waals surface area contributed by atoms with E-state index in [1.54, 1.807) is 22.7 Å². The van der Waals surface area contributed by atoms with Gasteiger partial charge in [0.1, 0.15) is 0 Å². The van der Waals surface area contributed by atoms with E-state index in [1.165, 1.54) is 5.56 Å². The van der Waals surface area contributed by atoms with Crippen LogP contribution in [0.5, 0.6) is 0 Å². The van der Waals surface area contributed by atoms with Gasteiger partial charge in [-0.15, -0.1) is 6.58 Å². The molecule has 0 aliphatic heterocycles. The number of aryl methyl sites for hydroxylation is 3. The van der Waals surface area contributed by atoms with Crippen molar-refractivity contribution in [2.75, 3.05) is 13.1 Å². The highest BCUT2D eigenvalue weighted by atomic mass is 16.2. The molecular formula is C22H26N4O2. The Balaban J connectivity index is 1.84. The van der Waals surface area contributed by atoms with Crippen molar-refractivity contribution in [3.63, 3.8) is 0 Å². The van der Waals surface area contributed by atoms with Crippen LogP contribution in [-0.4, -0.2) is 38.7 Å². The SMILES string of the molecule is C=CCN(CCc1ccccc1)C(=O)Cc1c(C)nc2c(c1C)c(=O)[nH]n2C. The smallest absolute Gasteiger partial charge is 0.273 e. The van der Waals surface area contributed by atoms with Gasteiger partial charge in [0.2, 0.25) is 5.91 Å². The first-order valence-corrected chi connectivity index (χ1v) is 9.39. The molecule has 0 bridgehead atoms. The molecule has 1 N–H and O–H groups in total. The molecule has 0 unspecified atom stereocenters. The number of carbonyl (C=O) groups is 1. The summed E-state index contributed by atoms with van der Waals surface area (Å²) >= 11 is 0. The van der Waals surface area contributed by atoms with Crippen molar-refractivity contribution in [3.8, 4) is 0 Å². The second-order valence-electron chi connectivity index (χ2n) is 7.04. The van der Waals surface area contributed by atoms with Gasteiger partial charge in [-0.05, 0) is 37.0 Å². The number of nitrogens with zero attached hydrogens (tertiary/aromatic N) is 3. The van der Waals surface area contributed by atoms with Crippen molar-refractivity contribution in [3.05, 3.63) is 75.7 Å². The maximum absolute atomic E-state index is 13.0. The normalized spacial score (nSPS) is 11.0. The van der Waals surface area contributed by atoms with Crippen LogP contribution in [0.3, 0.4) is 0 Å². The number of rotatable bonds is 7. The molecule has 0 aliphatic rings. The summed E-state index contributed by atoms with van der Waals surface area (Å²) in [4.78, 5) is 31.6. The zero-order chi connectivity index (χ0) is 20.3. The van der Waals surface area contributed by atoms with Crippen molar-refractivity contribution >= 4 is 16.9 Å². The van der Waals surface area contributed by atoms with E-state index in [-0.39, 0.29) is 17.9 Å². The average Bonchev–Trinajstić information content (AvgIpc) is 2.96. The number of hydrogen-bond acceptors (Lipinski definition) is 3. The Morgan fingerprint density at radius 2 is 2.00 bits per heavy atom. The molecule has 3 rings (SSSR count). The van der Waals surface area contributed by atoms with E-state index in [0.717, 1.165) is 23.2 Å². The Labute approximate surface area is 164 Å². The molecule has 2 aromatic heterocycles. The predicted octanol–water partition coefficient (Wildman–Crippen LogP) is 2.68. The van der Waals surface area contributed by atoms with Gasteiger partial charge in [0.25, 0.3) is 5.56 Å². The van der Waals surface area contributed by atoms with E-state index in [9.17, 15) is 9.59 Å². The Hall–Kier alpha value is -3.15. The van der Waals surface area contributed by atoms with Crippen LogP contribution in [0.1, 0.15) is 22.4 Å². The summed E-state index contributed by atoms with van der Waals surface area (Å²) in [7, 11) is 1.76. The summed E-state index contributed by atoms with van der Waals surface area (Å²) in [5, 5.41) is 3.29. The summed E-state index contributed by atoms with van der Waals surface area (Å²) in [6.45, 7) is 8.66. The first kappa shape index (κ1) is 19.6. The molecule has 2 heterocycles. The van der Waals surface area contributed by atoms with E-state index < -0.39 is 0 Å². The molecule has 28 heavy (non-hydrogen) atoms. The highest BCUT2D eigenvalue weighted by Gasteiger charge is 2.20. The molecule has 3 aromatic rings. The molecule has 1 aromatic carbocycles. The predicted molar refractivity (Wildman–Crippen MR) is 111 cm³/mol. The standard InChI is InChI=1S/C22H26N4O2/c1-5-12-26(13-11-17-9-7-6-8-10-17)19(27)14-18-15(2)20-21(23-16(18)3)25(4)24-22(20)28/h5-10H,1,11-14H2,2-4H3,(H,24,28). The first-order chi connectivity index (χ1) is 13.4. The molecule has 0 fully saturated rings. The van der Waals surface area contributed by atoms with E-state index in [4.69, 9.17) is 0 Å². The van der Waals surface area contributed by atoms with Crippen LogP contribution in [-0.2, 0) is 24.7 Å². The number of amides is 1. The van der Waals surface area contributed by atoms with E-state index in [1.807, 2.05) is 32.0 Å². The van der Waals surface area contributed by atoms with E-state index >= 15 is 0 Å². The van der Waals surface area contributed by atoms with Gasteiger partial charge in [-0.3, -0.25) is 19.4 Å². The highest BCUT2D eigenvalue weighted by molar-refractivity contribution is 5.84. The lowest BCUT2D eigenvalue weighted by Crippen LogP contribution is -2.34. The third-order valence-corrected chi connectivity index (χ3v) is 5.12. The molecule has 0 saturated carbocycles. The Morgan fingerprint density at radius 3 is 2.68 bits per heavy atom. The summed E-state index contributed by atoms with van der Waals surface area (Å²) in [6.07, 6.45) is 2.75. The number of aromatic nitrogens is 3. The topological polar surface area (TPSA) is 71.0 Å². The minimum Gasteiger partial charge on any atom is -0.338 e. The van der Waals surface area contributed by atoms with Crippen molar-refractivity contribution in [1.29, 1.82) is 0 Å². The quantitative estimate of drug-likeness (QED) is 0.643. The number of fused-ring (bicyclic) bond motifs is 1. The number of pyridine rings is 1. The Bertz CT molecular complexity index is 1060. The molecule has 1 amide bonds. The first-order valence-electron chi connectivity index (χ1n) is 9.39. The molecule has 6 heteroatoms. The van der Waals surface area contributed by atoms with Crippen LogP contribution in [0, 0.1) is 13.8 Å². The van der Waals surface area contributed by atoms with Gasteiger partial charge in [0, 0.05) is 25.8 Å². The lowest BCUT2D eigenvalue weighted by atomic mass is 10.0. The molecule has 0 radical (unpaired) electrons. The summed E-state index contributed by atoms with van der Waals surface area (Å²) < 4.78 is 1.62. The van der Waals surface area contributed by atoms with Crippen LogP contribution < -0.4 is 5.56 Å². The molecule has 0 aliphatic carbocycles. The number of hydrogen-bond donors (Lipinski definition) is 1. The Morgan fingerprint density at radius 1 is 1.29 bits per heavy atom. The van der Waals surface area contributed by atoms with Crippen LogP contribution in [0.25, 0.3) is 11.0 Å². The van der Waals surface area contributed by atoms with Crippen LogP contribution >= 0.6 is 0 Å². The molecular weight excluding hydrogens is 352 g/mol. The zero-order valence-corrected chi connectivity index (χ0v) is 16.7. The lowest BCUT2D eigenvalue weighted by molar-refractivity contribution is -0.129. The van der Waals surface area contributed by atoms with Gasteiger partial charge in [-0.1, -0.05) is 36.4 Å². The van der Waals surface area contributed by atoms with Gasteiger partial charge in [-0.2, -0.15) is 0 Å². The highest BCUT2D eigenvalue weighted by Crippen LogP contribution is 2.21. The molecule has 0 saturated heterocycles.